The topological polar surface area (TPSA) is 0 Å². The van der Waals surface area contributed by atoms with Gasteiger partial charge in [0, 0.05) is 0 Å². The van der Waals surface area contributed by atoms with Crippen molar-refractivity contribution in [2.24, 2.45) is 11.8 Å². The van der Waals surface area contributed by atoms with Crippen molar-refractivity contribution in [3.63, 3.8) is 0 Å². The molecule has 0 saturated carbocycles. The second kappa shape index (κ2) is 26.3. The summed E-state index contributed by atoms with van der Waals surface area (Å²) in [6, 6.07) is 0. The number of unbranched alkanes of at least 4 members (excludes halogenated alkanes) is 16. The Balaban J connectivity index is 4.44. The minimum absolute atomic E-state index is 1.03. The normalized spacial score (nSPS) is 13.5. The van der Waals surface area contributed by atoms with E-state index in [9.17, 15) is 0 Å². The highest BCUT2D eigenvalue weighted by Gasteiger charge is 2.16. The highest BCUT2D eigenvalue weighted by Crippen LogP contribution is 2.31. The van der Waals surface area contributed by atoms with E-state index in [0.29, 0.717) is 0 Å². The predicted molar refractivity (Wildman–Crippen MR) is 145 cm³/mol. The van der Waals surface area contributed by atoms with Crippen LogP contribution in [-0.4, -0.2) is 0 Å². The molecule has 0 saturated heterocycles. The Morgan fingerprint density at radius 2 is 0.516 bits per heavy atom. The van der Waals surface area contributed by atoms with Crippen LogP contribution in [0.5, 0.6) is 0 Å². The number of hydrogen-bond donors (Lipinski definition) is 0. The average Bonchev–Trinajstić information content (AvgIpc) is 2.77. The van der Waals surface area contributed by atoms with E-state index in [1.807, 2.05) is 0 Å². The van der Waals surface area contributed by atoms with Gasteiger partial charge >= 0.3 is 0 Å². The summed E-state index contributed by atoms with van der Waals surface area (Å²) in [5.41, 5.74) is 0. The molecule has 31 heavy (non-hydrogen) atoms. The molecule has 0 spiro atoms. The van der Waals surface area contributed by atoms with E-state index in [2.05, 4.69) is 27.7 Å². The molecular weight excluding hydrogens is 372 g/mol. The van der Waals surface area contributed by atoms with Crippen molar-refractivity contribution in [2.75, 3.05) is 0 Å². The van der Waals surface area contributed by atoms with Crippen molar-refractivity contribution in [1.29, 1.82) is 0 Å². The molecule has 0 aliphatic rings. The minimum Gasteiger partial charge on any atom is -0.0654 e. The summed E-state index contributed by atoms with van der Waals surface area (Å²) in [5, 5.41) is 0. The van der Waals surface area contributed by atoms with E-state index in [1.54, 1.807) is 6.42 Å². The van der Waals surface area contributed by atoms with Gasteiger partial charge in [-0.15, -0.1) is 0 Å². The molecule has 0 bridgehead atoms. The fourth-order valence-corrected chi connectivity index (χ4v) is 5.38. The molecule has 0 amide bonds. The first kappa shape index (κ1) is 31.0. The highest BCUT2D eigenvalue weighted by atomic mass is 14.2. The molecule has 0 aromatic rings. The Labute approximate surface area is 200 Å². The largest absolute Gasteiger partial charge is 0.0654 e. The van der Waals surface area contributed by atoms with Gasteiger partial charge in [-0.25, -0.2) is 0 Å². The summed E-state index contributed by atoms with van der Waals surface area (Å²) in [6.07, 6.45) is 36.8. The fourth-order valence-electron chi connectivity index (χ4n) is 5.38. The summed E-state index contributed by atoms with van der Waals surface area (Å²) < 4.78 is 0. The van der Waals surface area contributed by atoms with Gasteiger partial charge in [-0.2, -0.15) is 0 Å². The van der Waals surface area contributed by atoms with Crippen LogP contribution in [0, 0.1) is 11.8 Å². The summed E-state index contributed by atoms with van der Waals surface area (Å²) in [4.78, 5) is 0. The number of rotatable bonds is 26. The van der Waals surface area contributed by atoms with Crippen LogP contribution in [0.4, 0.5) is 0 Å². The van der Waals surface area contributed by atoms with E-state index < -0.39 is 0 Å². The molecule has 0 aromatic heterocycles. The van der Waals surface area contributed by atoms with Gasteiger partial charge in [0.25, 0.3) is 0 Å². The van der Waals surface area contributed by atoms with Crippen LogP contribution in [0.25, 0.3) is 0 Å². The number of hydrogen-bond acceptors (Lipinski definition) is 0. The van der Waals surface area contributed by atoms with E-state index in [1.165, 1.54) is 154 Å². The van der Waals surface area contributed by atoms with Gasteiger partial charge < -0.3 is 0 Å². The lowest BCUT2D eigenvalue weighted by molar-refractivity contribution is 0.282. The van der Waals surface area contributed by atoms with Crippen LogP contribution in [0.15, 0.2) is 0 Å². The molecule has 2 atom stereocenters. The van der Waals surface area contributed by atoms with Gasteiger partial charge in [0.05, 0.1) is 0 Å². The highest BCUT2D eigenvalue weighted by molar-refractivity contribution is 4.69. The lowest BCUT2D eigenvalue weighted by Crippen LogP contribution is -2.10. The average molecular weight is 437 g/mol. The van der Waals surface area contributed by atoms with Gasteiger partial charge in [-0.05, 0) is 18.3 Å². The van der Waals surface area contributed by atoms with Gasteiger partial charge in [0.2, 0.25) is 0 Å². The second-order valence-corrected chi connectivity index (χ2v) is 10.8. The summed E-state index contributed by atoms with van der Waals surface area (Å²) in [6.45, 7) is 9.36. The third-order valence-electron chi connectivity index (χ3n) is 7.53. The van der Waals surface area contributed by atoms with Crippen molar-refractivity contribution in [1.82, 2.24) is 0 Å². The molecule has 0 nitrogen and oxygen atoms in total. The van der Waals surface area contributed by atoms with Gasteiger partial charge in [0.1, 0.15) is 0 Å². The van der Waals surface area contributed by atoms with Crippen molar-refractivity contribution >= 4 is 0 Å². The molecule has 0 radical (unpaired) electrons. The third kappa shape index (κ3) is 23.0. The minimum atomic E-state index is 1.03. The first-order valence-electron chi connectivity index (χ1n) is 15.3. The molecule has 0 heterocycles. The van der Waals surface area contributed by atoms with Crippen LogP contribution >= 0.6 is 0 Å². The standard InChI is InChI=1S/C31H64/c1-5-9-13-16-19-23-27-30(25-21-12-8-4)29-31(26-22-18-15-11-7-3)28-24-20-17-14-10-6-2/h30-31H,5-29H2,1-4H3. The fraction of sp³-hybridized carbons (Fsp3) is 1.00. The van der Waals surface area contributed by atoms with Gasteiger partial charge in [-0.3, -0.25) is 0 Å². The Hall–Kier alpha value is 0. The van der Waals surface area contributed by atoms with E-state index in [0.717, 1.165) is 11.8 Å². The van der Waals surface area contributed by atoms with Gasteiger partial charge in [-0.1, -0.05) is 182 Å². The van der Waals surface area contributed by atoms with Crippen molar-refractivity contribution in [3.05, 3.63) is 0 Å². The van der Waals surface area contributed by atoms with Crippen molar-refractivity contribution in [3.8, 4) is 0 Å². The van der Waals surface area contributed by atoms with Gasteiger partial charge in [0.15, 0.2) is 0 Å². The first-order valence-corrected chi connectivity index (χ1v) is 15.3. The Morgan fingerprint density at radius 3 is 0.839 bits per heavy atom. The summed E-state index contributed by atoms with van der Waals surface area (Å²) in [7, 11) is 0. The Bertz CT molecular complexity index is 307. The zero-order valence-corrected chi connectivity index (χ0v) is 22.8. The molecule has 0 fully saturated rings. The molecule has 0 aliphatic carbocycles. The zero-order valence-electron chi connectivity index (χ0n) is 22.8. The first-order chi connectivity index (χ1) is 15.3. The van der Waals surface area contributed by atoms with Crippen LogP contribution in [0.1, 0.15) is 188 Å². The van der Waals surface area contributed by atoms with Crippen LogP contribution in [0.3, 0.4) is 0 Å². The zero-order chi connectivity index (χ0) is 22.8. The predicted octanol–water partition coefficient (Wildman–Crippen LogP) is 12.1. The van der Waals surface area contributed by atoms with E-state index >= 15 is 0 Å². The lowest BCUT2D eigenvalue weighted by Gasteiger charge is -2.24. The molecule has 0 heteroatoms. The second-order valence-electron chi connectivity index (χ2n) is 10.8. The van der Waals surface area contributed by atoms with E-state index in [-0.39, 0.29) is 0 Å². The maximum Gasteiger partial charge on any atom is -0.0412 e. The van der Waals surface area contributed by atoms with Crippen molar-refractivity contribution < 1.29 is 0 Å². The SMILES string of the molecule is CCCCCCCCC(CCCCC)CC(CCCCCCC)CCCCCCCC. The van der Waals surface area contributed by atoms with Crippen molar-refractivity contribution in [2.45, 2.75) is 188 Å². The third-order valence-corrected chi connectivity index (χ3v) is 7.53. The summed E-state index contributed by atoms with van der Waals surface area (Å²) in [5.74, 6) is 2.05. The maximum atomic E-state index is 2.36. The molecule has 0 N–H and O–H groups in total. The molecule has 0 aromatic carbocycles. The summed E-state index contributed by atoms with van der Waals surface area (Å²) >= 11 is 0. The monoisotopic (exact) mass is 437 g/mol. The smallest absolute Gasteiger partial charge is 0.0412 e. The maximum absolute atomic E-state index is 2.36. The van der Waals surface area contributed by atoms with Crippen LogP contribution < -0.4 is 0 Å². The molecule has 0 aliphatic heterocycles. The van der Waals surface area contributed by atoms with Crippen LogP contribution in [0.2, 0.25) is 0 Å². The van der Waals surface area contributed by atoms with Crippen LogP contribution in [-0.2, 0) is 0 Å². The Morgan fingerprint density at radius 1 is 0.290 bits per heavy atom. The lowest BCUT2D eigenvalue weighted by atomic mass is 9.82. The molecule has 0 rings (SSSR count). The van der Waals surface area contributed by atoms with E-state index in [4.69, 9.17) is 0 Å². The molecular formula is C31H64. The molecule has 188 valence electrons. The molecule has 2 unspecified atom stereocenters. The Kier molecular flexibility index (Phi) is 26.3. The quantitative estimate of drug-likeness (QED) is 0.118.